The first-order valence-corrected chi connectivity index (χ1v) is 7.60. The molecule has 0 radical (unpaired) electrons. The molecule has 19 heavy (non-hydrogen) atoms. The van der Waals surface area contributed by atoms with E-state index in [0.29, 0.717) is 5.92 Å². The molecule has 1 aromatic rings. The van der Waals surface area contributed by atoms with E-state index in [1.807, 2.05) is 0 Å². The summed E-state index contributed by atoms with van der Waals surface area (Å²) in [5.74, 6) is 0.660. The largest absolute Gasteiger partial charge is 0.390 e. The highest BCUT2D eigenvalue weighted by atomic mass is 16.3. The monoisotopic (exact) mass is 260 g/mol. The maximum absolute atomic E-state index is 10.7. The van der Waals surface area contributed by atoms with Crippen molar-refractivity contribution < 1.29 is 5.11 Å². The Morgan fingerprint density at radius 2 is 1.84 bits per heavy atom. The van der Waals surface area contributed by atoms with Gasteiger partial charge in [0.1, 0.15) is 0 Å². The number of rotatable bonds is 2. The lowest BCUT2D eigenvalue weighted by molar-refractivity contribution is -0.0123. The summed E-state index contributed by atoms with van der Waals surface area (Å²) in [7, 11) is 0. The van der Waals surface area contributed by atoms with E-state index in [9.17, 15) is 5.11 Å². The Labute approximate surface area is 118 Å². The molecule has 2 unspecified atom stereocenters. The predicted molar refractivity (Wildman–Crippen MR) is 81.4 cm³/mol. The van der Waals surface area contributed by atoms with Crippen molar-refractivity contribution in [1.82, 2.24) is 0 Å². The molecule has 0 amide bonds. The fourth-order valence-electron chi connectivity index (χ4n) is 3.30. The molecule has 0 aliphatic heterocycles. The average Bonchev–Trinajstić information content (AvgIpc) is 2.27. The Balaban J connectivity index is 2.07. The molecule has 2 rings (SSSR count). The summed E-state index contributed by atoms with van der Waals surface area (Å²) < 4.78 is 0. The Morgan fingerprint density at radius 3 is 2.37 bits per heavy atom. The fraction of sp³-hybridized carbons (Fsp3) is 0.667. The van der Waals surface area contributed by atoms with Gasteiger partial charge in [0.15, 0.2) is 0 Å². The maximum atomic E-state index is 10.7. The molecular weight excluding hydrogens is 232 g/mol. The lowest BCUT2D eigenvalue weighted by Gasteiger charge is -2.35. The van der Waals surface area contributed by atoms with Crippen molar-refractivity contribution in [2.75, 3.05) is 0 Å². The van der Waals surface area contributed by atoms with Crippen LogP contribution in [0.3, 0.4) is 0 Å². The van der Waals surface area contributed by atoms with Crippen molar-refractivity contribution in [3.05, 3.63) is 35.4 Å². The van der Waals surface area contributed by atoms with Gasteiger partial charge in [0.25, 0.3) is 0 Å². The van der Waals surface area contributed by atoms with E-state index in [2.05, 4.69) is 52.0 Å². The third-order valence-corrected chi connectivity index (χ3v) is 4.42. The number of benzene rings is 1. The summed E-state index contributed by atoms with van der Waals surface area (Å²) in [6, 6.07) is 8.81. The quantitative estimate of drug-likeness (QED) is 0.832. The standard InChI is InChI=1S/C18H28O/c1-14-6-5-11-18(19,12-14)13-15-7-9-16(10-8-15)17(2,3)4/h7-10,14,19H,5-6,11-13H2,1-4H3. The molecule has 0 saturated heterocycles. The second kappa shape index (κ2) is 5.28. The van der Waals surface area contributed by atoms with Gasteiger partial charge < -0.3 is 5.11 Å². The first-order valence-electron chi connectivity index (χ1n) is 7.60. The van der Waals surface area contributed by atoms with Gasteiger partial charge >= 0.3 is 0 Å². The summed E-state index contributed by atoms with van der Waals surface area (Å²) >= 11 is 0. The molecule has 1 N–H and O–H groups in total. The van der Waals surface area contributed by atoms with Gasteiger partial charge in [0.2, 0.25) is 0 Å². The second-order valence-corrected chi connectivity index (χ2v) is 7.55. The third-order valence-electron chi connectivity index (χ3n) is 4.42. The van der Waals surface area contributed by atoms with Gasteiger partial charge in [-0.1, -0.05) is 64.8 Å². The van der Waals surface area contributed by atoms with Crippen molar-refractivity contribution in [1.29, 1.82) is 0 Å². The molecule has 1 saturated carbocycles. The number of hydrogen-bond donors (Lipinski definition) is 1. The molecule has 1 fully saturated rings. The van der Waals surface area contributed by atoms with E-state index in [0.717, 1.165) is 25.7 Å². The lowest BCUT2D eigenvalue weighted by atomic mass is 9.75. The van der Waals surface area contributed by atoms with E-state index in [1.54, 1.807) is 0 Å². The van der Waals surface area contributed by atoms with E-state index in [1.165, 1.54) is 17.5 Å². The minimum atomic E-state index is -0.471. The summed E-state index contributed by atoms with van der Waals surface area (Å²) in [6.07, 6.45) is 5.15. The highest BCUT2D eigenvalue weighted by Crippen LogP contribution is 2.35. The molecule has 1 aliphatic carbocycles. The van der Waals surface area contributed by atoms with Crippen LogP contribution in [0.4, 0.5) is 0 Å². The number of aliphatic hydroxyl groups is 1. The predicted octanol–water partition coefficient (Wildman–Crippen LogP) is 4.47. The van der Waals surface area contributed by atoms with E-state index in [4.69, 9.17) is 0 Å². The molecule has 1 aromatic carbocycles. The van der Waals surface area contributed by atoms with Crippen LogP contribution in [-0.4, -0.2) is 10.7 Å². The zero-order valence-corrected chi connectivity index (χ0v) is 12.9. The minimum absolute atomic E-state index is 0.203. The summed E-state index contributed by atoms with van der Waals surface area (Å²) in [5.41, 5.74) is 2.36. The highest BCUT2D eigenvalue weighted by molar-refractivity contribution is 5.28. The molecule has 1 heteroatoms. The first-order chi connectivity index (χ1) is 8.78. The van der Waals surface area contributed by atoms with Crippen LogP contribution < -0.4 is 0 Å². The van der Waals surface area contributed by atoms with Gasteiger partial charge in [-0.25, -0.2) is 0 Å². The molecule has 0 bridgehead atoms. The molecule has 0 aromatic heterocycles. The second-order valence-electron chi connectivity index (χ2n) is 7.55. The van der Waals surface area contributed by atoms with Crippen molar-refractivity contribution in [3.63, 3.8) is 0 Å². The average molecular weight is 260 g/mol. The SMILES string of the molecule is CC1CCCC(O)(Cc2ccc(C(C)(C)C)cc2)C1. The number of hydrogen-bond acceptors (Lipinski definition) is 1. The van der Waals surface area contributed by atoms with Crippen LogP contribution in [0.2, 0.25) is 0 Å². The van der Waals surface area contributed by atoms with Gasteiger partial charge in [0.05, 0.1) is 5.60 Å². The van der Waals surface area contributed by atoms with Crippen LogP contribution in [-0.2, 0) is 11.8 Å². The van der Waals surface area contributed by atoms with Gasteiger partial charge in [-0.2, -0.15) is 0 Å². The summed E-state index contributed by atoms with van der Waals surface area (Å²) in [5, 5.41) is 10.7. The van der Waals surface area contributed by atoms with Crippen LogP contribution in [0.25, 0.3) is 0 Å². The van der Waals surface area contributed by atoms with Gasteiger partial charge in [-0.15, -0.1) is 0 Å². The van der Waals surface area contributed by atoms with E-state index >= 15 is 0 Å². The van der Waals surface area contributed by atoms with Crippen LogP contribution in [0.1, 0.15) is 64.5 Å². The summed E-state index contributed by atoms with van der Waals surface area (Å²) in [4.78, 5) is 0. The van der Waals surface area contributed by atoms with Gasteiger partial charge in [-0.3, -0.25) is 0 Å². The van der Waals surface area contributed by atoms with Crippen LogP contribution >= 0.6 is 0 Å². The van der Waals surface area contributed by atoms with Crippen LogP contribution in [0.5, 0.6) is 0 Å². The lowest BCUT2D eigenvalue weighted by Crippen LogP contribution is -2.36. The van der Waals surface area contributed by atoms with Crippen molar-refractivity contribution in [2.45, 2.75) is 70.8 Å². The Kier molecular flexibility index (Phi) is 4.06. The van der Waals surface area contributed by atoms with E-state index < -0.39 is 5.60 Å². The zero-order chi connectivity index (χ0) is 14.1. The maximum Gasteiger partial charge on any atom is 0.0690 e. The van der Waals surface area contributed by atoms with Crippen LogP contribution in [0, 0.1) is 5.92 Å². The molecule has 0 heterocycles. The topological polar surface area (TPSA) is 20.2 Å². The van der Waals surface area contributed by atoms with Crippen LogP contribution in [0.15, 0.2) is 24.3 Å². The normalized spacial score (nSPS) is 28.4. The Hall–Kier alpha value is -0.820. The highest BCUT2D eigenvalue weighted by Gasteiger charge is 2.32. The summed E-state index contributed by atoms with van der Waals surface area (Å²) in [6.45, 7) is 8.96. The third kappa shape index (κ3) is 3.82. The Bertz CT molecular complexity index is 412. The molecule has 2 atom stereocenters. The molecular formula is C18H28O. The van der Waals surface area contributed by atoms with Crippen molar-refractivity contribution in [2.24, 2.45) is 5.92 Å². The van der Waals surface area contributed by atoms with Gasteiger partial charge in [0, 0.05) is 6.42 Å². The molecule has 1 aliphatic rings. The fourth-order valence-corrected chi connectivity index (χ4v) is 3.30. The van der Waals surface area contributed by atoms with Crippen molar-refractivity contribution >= 4 is 0 Å². The zero-order valence-electron chi connectivity index (χ0n) is 12.9. The van der Waals surface area contributed by atoms with Gasteiger partial charge in [-0.05, 0) is 35.3 Å². The minimum Gasteiger partial charge on any atom is -0.390 e. The molecule has 1 nitrogen and oxygen atoms in total. The molecule has 106 valence electrons. The molecule has 0 spiro atoms. The van der Waals surface area contributed by atoms with E-state index in [-0.39, 0.29) is 5.41 Å². The Morgan fingerprint density at radius 1 is 1.21 bits per heavy atom. The van der Waals surface area contributed by atoms with Crippen molar-refractivity contribution in [3.8, 4) is 0 Å². The first kappa shape index (κ1) is 14.6. The smallest absolute Gasteiger partial charge is 0.0690 e.